The molecule has 1 amide bonds. The number of hydrogen-bond acceptors (Lipinski definition) is 3. The number of methoxy groups -OCH3 is 1. The number of nitrogens with zero attached hydrogens (tertiary/aromatic N) is 2. The number of guanidine groups is 1. The molecule has 6 nitrogen and oxygen atoms in total. The Morgan fingerprint density at radius 3 is 2.62 bits per heavy atom. The molecule has 1 saturated carbocycles. The zero-order valence-electron chi connectivity index (χ0n) is 14.8. The fraction of sp³-hybridized carbons (Fsp3) is 0.556. The second kappa shape index (κ2) is 9.15. The molecule has 132 valence electrons. The van der Waals surface area contributed by atoms with E-state index in [4.69, 9.17) is 4.74 Å². The molecule has 0 saturated heterocycles. The minimum atomic E-state index is 0.154. The molecular formula is C18H28N4O2. The standard InChI is InChI=1S/C18H28N4O2/c1-19-18(20-12-4-5-17(23)21-15-8-9-15)22(2)13-14-6-10-16(24-3)11-7-14/h6-7,10-11,15H,4-5,8-9,12-13H2,1-3H3,(H,19,20)(H,21,23). The van der Waals surface area contributed by atoms with Crippen LogP contribution in [0.4, 0.5) is 0 Å². The van der Waals surface area contributed by atoms with E-state index >= 15 is 0 Å². The van der Waals surface area contributed by atoms with E-state index in [0.717, 1.165) is 44.1 Å². The first-order valence-corrected chi connectivity index (χ1v) is 8.46. The topological polar surface area (TPSA) is 66.0 Å². The number of ether oxygens (including phenoxy) is 1. The average Bonchev–Trinajstić information content (AvgIpc) is 3.39. The normalized spacial score (nSPS) is 14.2. The first-order chi connectivity index (χ1) is 11.6. The second-order valence-electron chi connectivity index (χ2n) is 6.12. The Kier molecular flexibility index (Phi) is 6.90. The van der Waals surface area contributed by atoms with Gasteiger partial charge in [-0.2, -0.15) is 0 Å². The molecule has 1 aromatic carbocycles. The van der Waals surface area contributed by atoms with Crippen LogP contribution in [0, 0.1) is 0 Å². The largest absolute Gasteiger partial charge is 0.497 e. The molecule has 24 heavy (non-hydrogen) atoms. The maximum absolute atomic E-state index is 11.6. The summed E-state index contributed by atoms with van der Waals surface area (Å²) in [5.41, 5.74) is 1.19. The highest BCUT2D eigenvalue weighted by molar-refractivity contribution is 5.80. The van der Waals surface area contributed by atoms with Crippen molar-refractivity contribution in [3.8, 4) is 5.75 Å². The van der Waals surface area contributed by atoms with Crippen LogP contribution in [-0.2, 0) is 11.3 Å². The summed E-state index contributed by atoms with van der Waals surface area (Å²) < 4.78 is 5.17. The Morgan fingerprint density at radius 1 is 1.33 bits per heavy atom. The minimum absolute atomic E-state index is 0.154. The second-order valence-corrected chi connectivity index (χ2v) is 6.12. The van der Waals surface area contributed by atoms with Gasteiger partial charge in [0.1, 0.15) is 5.75 Å². The molecule has 0 spiro atoms. The summed E-state index contributed by atoms with van der Waals surface area (Å²) in [6.07, 6.45) is 3.62. The number of rotatable bonds is 8. The lowest BCUT2D eigenvalue weighted by Gasteiger charge is -2.22. The highest BCUT2D eigenvalue weighted by Crippen LogP contribution is 2.18. The van der Waals surface area contributed by atoms with Crippen molar-refractivity contribution in [3.63, 3.8) is 0 Å². The third-order valence-corrected chi connectivity index (χ3v) is 3.96. The first kappa shape index (κ1) is 18.1. The summed E-state index contributed by atoms with van der Waals surface area (Å²) in [5.74, 6) is 1.84. The number of carbonyl (C=O) groups is 1. The highest BCUT2D eigenvalue weighted by Gasteiger charge is 2.22. The van der Waals surface area contributed by atoms with E-state index in [-0.39, 0.29) is 5.91 Å². The number of hydrogen-bond donors (Lipinski definition) is 2. The van der Waals surface area contributed by atoms with E-state index in [0.29, 0.717) is 12.5 Å². The highest BCUT2D eigenvalue weighted by atomic mass is 16.5. The number of nitrogens with one attached hydrogen (secondary N) is 2. The molecule has 1 fully saturated rings. The quantitative estimate of drug-likeness (QED) is 0.432. The van der Waals surface area contributed by atoms with Gasteiger partial charge < -0.3 is 20.3 Å². The van der Waals surface area contributed by atoms with E-state index in [1.54, 1.807) is 14.2 Å². The Labute approximate surface area is 144 Å². The Bertz CT molecular complexity index is 553. The van der Waals surface area contributed by atoms with Crippen LogP contribution in [-0.4, -0.2) is 50.6 Å². The van der Waals surface area contributed by atoms with Gasteiger partial charge in [0.25, 0.3) is 0 Å². The number of aliphatic imine (C=N–C) groups is 1. The van der Waals surface area contributed by atoms with Crippen LogP contribution in [0.1, 0.15) is 31.2 Å². The minimum Gasteiger partial charge on any atom is -0.497 e. The lowest BCUT2D eigenvalue weighted by molar-refractivity contribution is -0.121. The fourth-order valence-corrected chi connectivity index (χ4v) is 2.44. The van der Waals surface area contributed by atoms with Crippen molar-refractivity contribution in [2.45, 2.75) is 38.3 Å². The molecule has 0 bridgehead atoms. The maximum atomic E-state index is 11.6. The molecule has 2 rings (SSSR count). The Morgan fingerprint density at radius 2 is 2.04 bits per heavy atom. The zero-order chi connectivity index (χ0) is 17.4. The number of benzene rings is 1. The molecule has 6 heteroatoms. The summed E-state index contributed by atoms with van der Waals surface area (Å²) in [6.45, 7) is 1.49. The van der Waals surface area contributed by atoms with Crippen molar-refractivity contribution in [1.29, 1.82) is 0 Å². The smallest absolute Gasteiger partial charge is 0.220 e. The van der Waals surface area contributed by atoms with E-state index in [1.165, 1.54) is 5.56 Å². The van der Waals surface area contributed by atoms with Crippen LogP contribution in [0.5, 0.6) is 5.75 Å². The third-order valence-electron chi connectivity index (χ3n) is 3.96. The van der Waals surface area contributed by atoms with Crippen molar-refractivity contribution < 1.29 is 9.53 Å². The Hall–Kier alpha value is -2.24. The molecule has 0 unspecified atom stereocenters. The van der Waals surface area contributed by atoms with E-state index in [9.17, 15) is 4.79 Å². The van der Waals surface area contributed by atoms with Crippen molar-refractivity contribution in [2.75, 3.05) is 27.7 Å². The zero-order valence-corrected chi connectivity index (χ0v) is 14.8. The molecule has 0 heterocycles. The fourth-order valence-electron chi connectivity index (χ4n) is 2.44. The Balaban J connectivity index is 1.70. The summed E-state index contributed by atoms with van der Waals surface area (Å²) in [7, 11) is 5.43. The van der Waals surface area contributed by atoms with Gasteiger partial charge >= 0.3 is 0 Å². The van der Waals surface area contributed by atoms with Crippen molar-refractivity contribution in [2.24, 2.45) is 4.99 Å². The molecule has 0 atom stereocenters. The molecule has 2 N–H and O–H groups in total. The molecule has 1 aliphatic carbocycles. The van der Waals surface area contributed by atoms with Crippen LogP contribution in [0.25, 0.3) is 0 Å². The lowest BCUT2D eigenvalue weighted by atomic mass is 10.2. The van der Waals surface area contributed by atoms with E-state index in [2.05, 4.69) is 20.5 Å². The molecule has 1 aliphatic rings. The summed E-state index contributed by atoms with van der Waals surface area (Å²) in [4.78, 5) is 18.0. The predicted octanol–water partition coefficient (Wildman–Crippen LogP) is 1.76. The molecule has 0 aromatic heterocycles. The lowest BCUT2D eigenvalue weighted by Crippen LogP contribution is -2.39. The molecular weight excluding hydrogens is 304 g/mol. The van der Waals surface area contributed by atoms with Gasteiger partial charge in [-0.3, -0.25) is 9.79 Å². The molecule has 0 radical (unpaired) electrons. The predicted molar refractivity (Wildman–Crippen MR) is 96.2 cm³/mol. The van der Waals surface area contributed by atoms with Gasteiger partial charge in [-0.25, -0.2) is 0 Å². The third kappa shape index (κ3) is 6.10. The van der Waals surface area contributed by atoms with Crippen LogP contribution in [0.15, 0.2) is 29.3 Å². The van der Waals surface area contributed by atoms with Gasteiger partial charge in [0.05, 0.1) is 7.11 Å². The summed E-state index contributed by atoms with van der Waals surface area (Å²) in [6, 6.07) is 8.44. The van der Waals surface area contributed by atoms with Gasteiger partial charge in [0.15, 0.2) is 5.96 Å². The van der Waals surface area contributed by atoms with Crippen LogP contribution < -0.4 is 15.4 Å². The monoisotopic (exact) mass is 332 g/mol. The SMILES string of the molecule is CN=C(NCCCC(=O)NC1CC1)N(C)Cc1ccc(OC)cc1. The van der Waals surface area contributed by atoms with Gasteiger partial charge in [-0.05, 0) is 37.0 Å². The van der Waals surface area contributed by atoms with Gasteiger partial charge in [0.2, 0.25) is 5.91 Å². The van der Waals surface area contributed by atoms with Crippen LogP contribution in [0.2, 0.25) is 0 Å². The van der Waals surface area contributed by atoms with Gasteiger partial charge in [0, 0.05) is 39.6 Å². The summed E-state index contributed by atoms with van der Waals surface area (Å²) >= 11 is 0. The summed E-state index contributed by atoms with van der Waals surface area (Å²) in [5, 5.41) is 6.31. The van der Waals surface area contributed by atoms with E-state index < -0.39 is 0 Å². The number of carbonyl (C=O) groups excluding carboxylic acids is 1. The first-order valence-electron chi connectivity index (χ1n) is 8.46. The van der Waals surface area contributed by atoms with Crippen LogP contribution >= 0.6 is 0 Å². The van der Waals surface area contributed by atoms with Gasteiger partial charge in [-0.15, -0.1) is 0 Å². The van der Waals surface area contributed by atoms with Gasteiger partial charge in [-0.1, -0.05) is 12.1 Å². The number of amides is 1. The van der Waals surface area contributed by atoms with E-state index in [1.807, 2.05) is 31.3 Å². The van der Waals surface area contributed by atoms with Crippen molar-refractivity contribution in [1.82, 2.24) is 15.5 Å². The van der Waals surface area contributed by atoms with Crippen LogP contribution in [0.3, 0.4) is 0 Å². The average molecular weight is 332 g/mol. The van der Waals surface area contributed by atoms with Crippen molar-refractivity contribution >= 4 is 11.9 Å². The molecule has 0 aliphatic heterocycles. The molecule has 1 aromatic rings. The maximum Gasteiger partial charge on any atom is 0.220 e. The van der Waals surface area contributed by atoms with Crippen molar-refractivity contribution in [3.05, 3.63) is 29.8 Å².